The molecule has 2 rings (SSSR count). The second kappa shape index (κ2) is 7.08. The minimum Gasteiger partial charge on any atom is -0.475 e. The number of alkyl halides is 3. The van der Waals surface area contributed by atoms with Crippen LogP contribution >= 0.6 is 0 Å². The highest BCUT2D eigenvalue weighted by molar-refractivity contribution is 5.73. The van der Waals surface area contributed by atoms with Crippen molar-refractivity contribution in [2.45, 2.75) is 19.1 Å². The minimum atomic E-state index is -5.08. The standard InChI is InChI=1S/C12H15N3.C2HF3O2/c1-9(13)10-3-5-11(6-4-10)12-7-8-14-15(12)2;3-2(4,5)1(6)7/h3-9H,13H2,1-2H3;(H,6,7). The van der Waals surface area contributed by atoms with Crippen molar-refractivity contribution in [1.29, 1.82) is 0 Å². The van der Waals surface area contributed by atoms with Crippen molar-refractivity contribution < 1.29 is 23.1 Å². The Balaban J connectivity index is 0.000000295. The third-order valence-corrected chi connectivity index (χ3v) is 2.80. The largest absolute Gasteiger partial charge is 0.490 e. The van der Waals surface area contributed by atoms with Gasteiger partial charge in [-0.3, -0.25) is 4.68 Å². The molecule has 3 N–H and O–H groups in total. The first kappa shape index (κ1) is 17.7. The van der Waals surface area contributed by atoms with Crippen LogP contribution < -0.4 is 5.73 Å². The summed E-state index contributed by atoms with van der Waals surface area (Å²) in [6.07, 6.45) is -3.28. The molecule has 22 heavy (non-hydrogen) atoms. The fourth-order valence-corrected chi connectivity index (χ4v) is 1.61. The number of benzene rings is 1. The summed E-state index contributed by atoms with van der Waals surface area (Å²) in [4.78, 5) is 8.90. The quantitative estimate of drug-likeness (QED) is 0.893. The molecule has 0 radical (unpaired) electrons. The molecule has 1 heterocycles. The zero-order valence-corrected chi connectivity index (χ0v) is 12.0. The Kier molecular flexibility index (Phi) is 5.69. The summed E-state index contributed by atoms with van der Waals surface area (Å²) in [6, 6.07) is 10.4. The number of hydrogen-bond donors (Lipinski definition) is 2. The van der Waals surface area contributed by atoms with Gasteiger partial charge < -0.3 is 10.8 Å². The highest BCUT2D eigenvalue weighted by Crippen LogP contribution is 2.20. The van der Waals surface area contributed by atoms with E-state index in [4.69, 9.17) is 15.6 Å². The number of nitrogens with two attached hydrogens (primary N) is 1. The van der Waals surface area contributed by atoms with E-state index in [0.717, 1.165) is 11.3 Å². The third kappa shape index (κ3) is 4.88. The Hall–Kier alpha value is -2.35. The summed E-state index contributed by atoms with van der Waals surface area (Å²) in [7, 11) is 1.94. The zero-order chi connectivity index (χ0) is 16.9. The second-order valence-electron chi connectivity index (χ2n) is 4.55. The molecule has 1 atom stereocenters. The predicted molar refractivity (Wildman–Crippen MR) is 74.9 cm³/mol. The van der Waals surface area contributed by atoms with Gasteiger partial charge in [-0.25, -0.2) is 4.79 Å². The summed E-state index contributed by atoms with van der Waals surface area (Å²) in [6.45, 7) is 1.99. The molecule has 1 unspecified atom stereocenters. The molecule has 0 saturated heterocycles. The minimum absolute atomic E-state index is 0.0885. The molecule has 0 saturated carbocycles. The van der Waals surface area contributed by atoms with E-state index < -0.39 is 12.1 Å². The molecule has 0 fully saturated rings. The maximum absolute atomic E-state index is 10.6. The molecule has 120 valence electrons. The van der Waals surface area contributed by atoms with E-state index in [1.54, 1.807) is 6.20 Å². The van der Waals surface area contributed by atoms with Crippen LogP contribution in [0.25, 0.3) is 11.3 Å². The van der Waals surface area contributed by atoms with Crippen LogP contribution in [0.2, 0.25) is 0 Å². The van der Waals surface area contributed by atoms with E-state index in [0.29, 0.717) is 0 Å². The van der Waals surface area contributed by atoms with E-state index >= 15 is 0 Å². The lowest BCUT2D eigenvalue weighted by Crippen LogP contribution is -2.21. The molecule has 1 aromatic carbocycles. The lowest BCUT2D eigenvalue weighted by molar-refractivity contribution is -0.192. The molecule has 1 aromatic heterocycles. The van der Waals surface area contributed by atoms with Crippen molar-refractivity contribution in [1.82, 2.24) is 9.78 Å². The zero-order valence-electron chi connectivity index (χ0n) is 12.0. The molecule has 0 aliphatic rings. The lowest BCUT2D eigenvalue weighted by Gasteiger charge is -2.07. The van der Waals surface area contributed by atoms with Crippen LogP contribution in [-0.2, 0) is 11.8 Å². The molecule has 0 amide bonds. The van der Waals surface area contributed by atoms with E-state index in [9.17, 15) is 13.2 Å². The smallest absolute Gasteiger partial charge is 0.475 e. The van der Waals surface area contributed by atoms with Gasteiger partial charge in [0.1, 0.15) is 0 Å². The van der Waals surface area contributed by atoms with Crippen LogP contribution in [0.15, 0.2) is 36.5 Å². The summed E-state index contributed by atoms with van der Waals surface area (Å²) < 4.78 is 33.6. The summed E-state index contributed by atoms with van der Waals surface area (Å²) in [5, 5.41) is 11.3. The third-order valence-electron chi connectivity index (χ3n) is 2.80. The summed E-state index contributed by atoms with van der Waals surface area (Å²) in [5.74, 6) is -2.76. The number of aliphatic carboxylic acids is 1. The van der Waals surface area contributed by atoms with Gasteiger partial charge in [0.2, 0.25) is 0 Å². The second-order valence-corrected chi connectivity index (χ2v) is 4.55. The maximum Gasteiger partial charge on any atom is 0.490 e. The van der Waals surface area contributed by atoms with Gasteiger partial charge in [-0.2, -0.15) is 18.3 Å². The number of carboxylic acid groups (broad SMARTS) is 1. The van der Waals surface area contributed by atoms with Gasteiger partial charge in [0.05, 0.1) is 5.69 Å². The van der Waals surface area contributed by atoms with Gasteiger partial charge in [0.25, 0.3) is 0 Å². The van der Waals surface area contributed by atoms with E-state index in [2.05, 4.69) is 29.4 Å². The number of halogens is 3. The molecule has 2 aromatic rings. The summed E-state index contributed by atoms with van der Waals surface area (Å²) in [5.41, 5.74) is 9.23. The van der Waals surface area contributed by atoms with Crippen molar-refractivity contribution in [3.8, 4) is 11.3 Å². The molecule has 8 heteroatoms. The first-order chi connectivity index (χ1) is 10.1. The average Bonchev–Trinajstić information content (AvgIpc) is 2.84. The number of carboxylic acids is 1. The van der Waals surface area contributed by atoms with E-state index in [1.165, 1.54) is 5.56 Å². The normalized spacial score (nSPS) is 12.3. The molecule has 0 spiro atoms. The first-order valence-corrected chi connectivity index (χ1v) is 6.27. The Morgan fingerprint density at radius 1 is 1.27 bits per heavy atom. The SMILES string of the molecule is CC(N)c1ccc(-c2ccnn2C)cc1.O=C(O)C(F)(F)F. The number of carbonyl (C=O) groups is 1. The number of hydrogen-bond acceptors (Lipinski definition) is 3. The van der Waals surface area contributed by atoms with Crippen LogP contribution in [0.1, 0.15) is 18.5 Å². The van der Waals surface area contributed by atoms with Gasteiger partial charge in [-0.15, -0.1) is 0 Å². The van der Waals surface area contributed by atoms with Crippen molar-refractivity contribution in [3.63, 3.8) is 0 Å². The average molecular weight is 315 g/mol. The molecule has 5 nitrogen and oxygen atoms in total. The van der Waals surface area contributed by atoms with Crippen LogP contribution in [-0.4, -0.2) is 27.0 Å². The van der Waals surface area contributed by atoms with Crippen LogP contribution in [0.3, 0.4) is 0 Å². The predicted octanol–water partition coefficient (Wildman–Crippen LogP) is 2.74. The molecular weight excluding hydrogens is 299 g/mol. The van der Waals surface area contributed by atoms with Crippen LogP contribution in [0.5, 0.6) is 0 Å². The Bertz CT molecular complexity index is 619. The van der Waals surface area contributed by atoms with Gasteiger partial charge in [-0.05, 0) is 24.1 Å². The highest BCUT2D eigenvalue weighted by atomic mass is 19.4. The van der Waals surface area contributed by atoms with E-state index in [1.807, 2.05) is 24.7 Å². The Morgan fingerprint density at radius 2 is 1.77 bits per heavy atom. The fraction of sp³-hybridized carbons (Fsp3) is 0.286. The molecular formula is C14H16F3N3O2. The fourth-order valence-electron chi connectivity index (χ4n) is 1.61. The highest BCUT2D eigenvalue weighted by Gasteiger charge is 2.38. The van der Waals surface area contributed by atoms with Gasteiger partial charge >= 0.3 is 12.1 Å². The number of nitrogens with zero attached hydrogens (tertiary/aromatic N) is 2. The lowest BCUT2D eigenvalue weighted by atomic mass is 10.1. The number of aromatic nitrogens is 2. The Labute approximate surface area is 125 Å². The van der Waals surface area contributed by atoms with Crippen LogP contribution in [0.4, 0.5) is 13.2 Å². The topological polar surface area (TPSA) is 81.1 Å². The van der Waals surface area contributed by atoms with Crippen molar-refractivity contribution in [2.24, 2.45) is 12.8 Å². The van der Waals surface area contributed by atoms with Crippen molar-refractivity contribution >= 4 is 5.97 Å². The Morgan fingerprint density at radius 3 is 2.09 bits per heavy atom. The first-order valence-electron chi connectivity index (χ1n) is 6.27. The number of rotatable bonds is 2. The van der Waals surface area contributed by atoms with Crippen molar-refractivity contribution in [2.75, 3.05) is 0 Å². The van der Waals surface area contributed by atoms with Gasteiger partial charge in [-0.1, -0.05) is 24.3 Å². The maximum atomic E-state index is 10.6. The molecule has 0 aliphatic carbocycles. The van der Waals surface area contributed by atoms with Crippen molar-refractivity contribution in [3.05, 3.63) is 42.1 Å². The monoisotopic (exact) mass is 315 g/mol. The van der Waals surface area contributed by atoms with Gasteiger partial charge in [0.15, 0.2) is 0 Å². The number of aryl methyl sites for hydroxylation is 1. The van der Waals surface area contributed by atoms with Gasteiger partial charge in [0, 0.05) is 19.3 Å². The van der Waals surface area contributed by atoms with E-state index in [-0.39, 0.29) is 6.04 Å². The molecule has 0 aliphatic heterocycles. The molecule has 0 bridgehead atoms. The van der Waals surface area contributed by atoms with Crippen LogP contribution in [0, 0.1) is 0 Å². The summed E-state index contributed by atoms with van der Waals surface area (Å²) >= 11 is 0.